The van der Waals surface area contributed by atoms with Crippen molar-refractivity contribution in [2.75, 3.05) is 18.1 Å². The Bertz CT molecular complexity index is 846. The first-order valence-corrected chi connectivity index (χ1v) is 8.53. The molecule has 2 unspecified atom stereocenters. The molecule has 6 heteroatoms. The molecule has 0 N–H and O–H groups in total. The Morgan fingerprint density at radius 1 is 1.30 bits per heavy atom. The highest BCUT2D eigenvalue weighted by atomic mass is 31.0. The van der Waals surface area contributed by atoms with Crippen LogP contribution in [0.15, 0.2) is 23.0 Å². The molecule has 1 aromatic carbocycles. The molecule has 0 saturated carbocycles. The first kappa shape index (κ1) is 14.7. The average molecular weight is 329 g/mol. The van der Waals surface area contributed by atoms with E-state index in [-0.39, 0.29) is 5.56 Å². The smallest absolute Gasteiger partial charge is 0.258 e. The first-order valence-electron chi connectivity index (χ1n) is 7.95. The normalized spacial score (nSPS) is 19.3. The molecule has 0 spiro atoms. The zero-order valence-corrected chi connectivity index (χ0v) is 14.5. The van der Waals surface area contributed by atoms with Crippen molar-refractivity contribution < 1.29 is 4.74 Å². The van der Waals surface area contributed by atoms with Crippen molar-refractivity contribution in [1.29, 1.82) is 0 Å². The summed E-state index contributed by atoms with van der Waals surface area (Å²) in [6, 6.07) is 6.03. The maximum Gasteiger partial charge on any atom is 0.258 e. The molecule has 23 heavy (non-hydrogen) atoms. The summed E-state index contributed by atoms with van der Waals surface area (Å²) in [6.07, 6.45) is 2.39. The van der Waals surface area contributed by atoms with Gasteiger partial charge in [-0.05, 0) is 38.1 Å². The second-order valence-corrected chi connectivity index (χ2v) is 6.92. The summed E-state index contributed by atoms with van der Waals surface area (Å²) in [7, 11) is 2.79. The van der Waals surface area contributed by atoms with Gasteiger partial charge in [0.1, 0.15) is 18.2 Å². The van der Waals surface area contributed by atoms with Crippen molar-refractivity contribution in [3.63, 3.8) is 0 Å². The fraction of sp³-hybridized carbons (Fsp3) is 0.412. The molecule has 2 aromatic rings. The molecule has 0 amide bonds. The van der Waals surface area contributed by atoms with Gasteiger partial charge in [0.15, 0.2) is 0 Å². The number of nitrogens with zero attached hydrogens (tertiary/aromatic N) is 3. The Balaban J connectivity index is 1.87. The number of aryl methyl sites for hydroxylation is 2. The highest BCUT2D eigenvalue weighted by Gasteiger charge is 2.33. The average Bonchev–Trinajstić information content (AvgIpc) is 2.94. The van der Waals surface area contributed by atoms with Crippen molar-refractivity contribution in [1.82, 2.24) is 9.55 Å². The van der Waals surface area contributed by atoms with Gasteiger partial charge in [-0.2, -0.15) is 0 Å². The molecule has 120 valence electrons. The van der Waals surface area contributed by atoms with Gasteiger partial charge >= 0.3 is 0 Å². The van der Waals surface area contributed by atoms with Gasteiger partial charge in [0.25, 0.3) is 5.56 Å². The molecule has 4 rings (SSSR count). The molecule has 0 radical (unpaired) electrons. The van der Waals surface area contributed by atoms with Crippen molar-refractivity contribution in [3.8, 4) is 11.4 Å². The third-order valence-electron chi connectivity index (χ3n) is 4.66. The Morgan fingerprint density at radius 2 is 2.13 bits per heavy atom. The van der Waals surface area contributed by atoms with Crippen LogP contribution in [0.1, 0.15) is 24.4 Å². The van der Waals surface area contributed by atoms with Crippen LogP contribution in [0.5, 0.6) is 5.75 Å². The van der Waals surface area contributed by atoms with Gasteiger partial charge in [-0.15, -0.1) is 9.24 Å². The number of rotatable bonds is 1. The summed E-state index contributed by atoms with van der Waals surface area (Å²) >= 11 is 0. The minimum absolute atomic E-state index is 0.0609. The number of fused-ring (bicyclic) bond motifs is 3. The van der Waals surface area contributed by atoms with Gasteiger partial charge in [-0.3, -0.25) is 9.36 Å². The van der Waals surface area contributed by atoms with Crippen molar-refractivity contribution in [2.24, 2.45) is 0 Å². The quantitative estimate of drug-likeness (QED) is 0.748. The predicted molar refractivity (Wildman–Crippen MR) is 94.5 cm³/mol. The van der Waals surface area contributed by atoms with Crippen LogP contribution in [-0.2, 0) is 0 Å². The van der Waals surface area contributed by atoms with Gasteiger partial charge in [0.05, 0.1) is 17.4 Å². The van der Waals surface area contributed by atoms with E-state index < -0.39 is 0 Å². The van der Waals surface area contributed by atoms with E-state index in [0.717, 1.165) is 41.3 Å². The predicted octanol–water partition coefficient (Wildman–Crippen LogP) is 1.71. The number of ether oxygens (including phenoxy) is 1. The molecule has 0 aliphatic carbocycles. The second-order valence-electron chi connectivity index (χ2n) is 6.30. The van der Waals surface area contributed by atoms with E-state index in [1.165, 1.54) is 12.8 Å². The lowest BCUT2D eigenvalue weighted by Gasteiger charge is -2.35. The Kier molecular flexibility index (Phi) is 3.42. The van der Waals surface area contributed by atoms with Gasteiger partial charge < -0.3 is 9.64 Å². The fourth-order valence-corrected chi connectivity index (χ4v) is 4.18. The molecule has 3 heterocycles. The van der Waals surface area contributed by atoms with Gasteiger partial charge in [0.2, 0.25) is 0 Å². The molecule has 2 aliphatic heterocycles. The topological polar surface area (TPSA) is 47.4 Å². The summed E-state index contributed by atoms with van der Waals surface area (Å²) in [5.41, 5.74) is 2.64. The van der Waals surface area contributed by atoms with Crippen LogP contribution in [0.25, 0.3) is 5.69 Å². The highest BCUT2D eigenvalue weighted by molar-refractivity contribution is 7.28. The van der Waals surface area contributed by atoms with E-state index in [0.29, 0.717) is 11.9 Å². The second kappa shape index (κ2) is 5.34. The number of anilines is 1. The maximum atomic E-state index is 12.4. The van der Waals surface area contributed by atoms with Crippen LogP contribution in [0, 0.1) is 13.8 Å². The molecule has 1 saturated heterocycles. The first-order chi connectivity index (χ1) is 11.0. The molecule has 2 aliphatic rings. The maximum absolute atomic E-state index is 12.4. The third-order valence-corrected chi connectivity index (χ3v) is 5.10. The molecule has 2 atom stereocenters. The van der Waals surface area contributed by atoms with Crippen molar-refractivity contribution in [3.05, 3.63) is 40.1 Å². The fourth-order valence-electron chi connectivity index (χ4n) is 3.70. The standard InChI is InChI=1S/C17H20N3O2P/c1-10-6-16(21)20(11(2)18-10)13-7-14-17(15(23)8-13)19-5-3-4-12(19)9-22-14/h6-8,12H,3-5,9,23H2,1-2H3. The SMILES string of the molecule is Cc1cc(=O)n(-c2cc(P)c3c(c2)OCC2CCCN32)c(C)n1. The number of hydrogen-bond donors (Lipinski definition) is 0. The van der Waals surface area contributed by atoms with Gasteiger partial charge in [0, 0.05) is 24.4 Å². The van der Waals surface area contributed by atoms with Crippen LogP contribution >= 0.6 is 9.24 Å². The molecule has 1 aromatic heterocycles. The van der Waals surface area contributed by atoms with Gasteiger partial charge in [-0.1, -0.05) is 0 Å². The lowest BCUT2D eigenvalue weighted by atomic mass is 10.1. The molecule has 0 bridgehead atoms. The number of hydrogen-bond acceptors (Lipinski definition) is 4. The van der Waals surface area contributed by atoms with E-state index in [1.54, 1.807) is 10.6 Å². The lowest BCUT2D eigenvalue weighted by molar-refractivity contribution is 0.272. The van der Waals surface area contributed by atoms with E-state index in [4.69, 9.17) is 4.74 Å². The largest absolute Gasteiger partial charge is 0.489 e. The van der Waals surface area contributed by atoms with E-state index in [1.807, 2.05) is 26.0 Å². The third kappa shape index (κ3) is 2.34. The molecule has 1 fully saturated rings. The molecular formula is C17H20N3O2P. The highest BCUT2D eigenvalue weighted by Crippen LogP contribution is 2.38. The summed E-state index contributed by atoms with van der Waals surface area (Å²) in [6.45, 7) is 5.49. The van der Waals surface area contributed by atoms with Crippen LogP contribution < -0.4 is 20.5 Å². The lowest BCUT2D eigenvalue weighted by Crippen LogP contribution is -2.40. The summed E-state index contributed by atoms with van der Waals surface area (Å²) in [5, 5.41) is 1.07. The Labute approximate surface area is 137 Å². The van der Waals surface area contributed by atoms with Crippen LogP contribution in [-0.4, -0.2) is 28.7 Å². The van der Waals surface area contributed by atoms with E-state index in [2.05, 4.69) is 19.1 Å². The van der Waals surface area contributed by atoms with E-state index >= 15 is 0 Å². The number of benzene rings is 1. The Hall–Kier alpha value is -1.87. The summed E-state index contributed by atoms with van der Waals surface area (Å²) in [4.78, 5) is 19.2. The van der Waals surface area contributed by atoms with Gasteiger partial charge in [-0.25, -0.2) is 4.98 Å². The Morgan fingerprint density at radius 3 is 2.91 bits per heavy atom. The monoisotopic (exact) mass is 329 g/mol. The minimum Gasteiger partial charge on any atom is -0.489 e. The number of aromatic nitrogens is 2. The zero-order valence-electron chi connectivity index (χ0n) is 13.4. The van der Waals surface area contributed by atoms with E-state index in [9.17, 15) is 4.79 Å². The van der Waals surface area contributed by atoms with Crippen molar-refractivity contribution >= 4 is 20.2 Å². The molecular weight excluding hydrogens is 309 g/mol. The summed E-state index contributed by atoms with van der Waals surface area (Å²) < 4.78 is 7.63. The minimum atomic E-state index is -0.0609. The van der Waals surface area contributed by atoms with Crippen LogP contribution in [0.2, 0.25) is 0 Å². The molecule has 5 nitrogen and oxygen atoms in total. The summed E-state index contributed by atoms with van der Waals surface area (Å²) in [5.74, 6) is 1.55. The zero-order chi connectivity index (χ0) is 16.1. The van der Waals surface area contributed by atoms with Crippen LogP contribution in [0.3, 0.4) is 0 Å². The van der Waals surface area contributed by atoms with Crippen molar-refractivity contribution in [2.45, 2.75) is 32.7 Å². The van der Waals surface area contributed by atoms with Crippen LogP contribution in [0.4, 0.5) is 5.69 Å².